The SMILES string of the molecule is CCCN(CCC)CCCNc1nc(O)nc(NC2=CC=C3CCCN4CCCC2C34)n1. The normalized spacial score (nSPS) is 22.8. The molecule has 4 rings (SSSR count). The molecule has 2 atom stereocenters. The minimum atomic E-state index is -0.251. The van der Waals surface area contributed by atoms with E-state index < -0.39 is 0 Å². The number of aromatic nitrogens is 3. The third-order valence-corrected chi connectivity index (χ3v) is 6.80. The van der Waals surface area contributed by atoms with Gasteiger partial charge < -0.3 is 20.6 Å². The van der Waals surface area contributed by atoms with Gasteiger partial charge in [0.15, 0.2) is 0 Å². The highest BCUT2D eigenvalue weighted by Gasteiger charge is 2.39. The fraction of sp³-hybridized carbons (Fsp3) is 0.708. The quantitative estimate of drug-likeness (QED) is 0.449. The van der Waals surface area contributed by atoms with Gasteiger partial charge in [0.25, 0.3) is 0 Å². The number of aromatic hydroxyl groups is 1. The first-order valence-corrected chi connectivity index (χ1v) is 12.5. The van der Waals surface area contributed by atoms with Crippen molar-refractivity contribution in [2.75, 3.05) is 49.9 Å². The topological polar surface area (TPSA) is 89.4 Å². The standard InChI is InChI=1S/C24H39N7O/c1-3-13-30(14-4-2)15-7-12-25-22-27-23(29-24(32)28-22)26-20-11-10-18-8-5-16-31-17-6-9-19(20)21(18)31/h10-11,19,21H,3-9,12-17H2,1-2H3,(H3,25,26,27,28,29,32). The van der Waals surface area contributed by atoms with Crippen LogP contribution < -0.4 is 10.6 Å². The summed E-state index contributed by atoms with van der Waals surface area (Å²) in [4.78, 5) is 17.9. The average molecular weight is 442 g/mol. The highest BCUT2D eigenvalue weighted by atomic mass is 16.3. The molecule has 2 unspecified atom stereocenters. The number of anilines is 2. The molecule has 1 aromatic rings. The van der Waals surface area contributed by atoms with Gasteiger partial charge in [-0.05, 0) is 83.7 Å². The van der Waals surface area contributed by atoms with Gasteiger partial charge in [-0.25, -0.2) is 0 Å². The summed E-state index contributed by atoms with van der Waals surface area (Å²) in [5.74, 6) is 1.28. The van der Waals surface area contributed by atoms with Crippen LogP contribution in [-0.2, 0) is 0 Å². The molecule has 8 nitrogen and oxygen atoms in total. The summed E-state index contributed by atoms with van der Waals surface area (Å²) in [7, 11) is 0. The van der Waals surface area contributed by atoms with Crippen LogP contribution in [0, 0.1) is 5.92 Å². The van der Waals surface area contributed by atoms with E-state index in [0.29, 0.717) is 23.9 Å². The Bertz CT molecular complexity index is 817. The van der Waals surface area contributed by atoms with Gasteiger partial charge in [0.1, 0.15) is 0 Å². The zero-order valence-electron chi connectivity index (χ0n) is 19.7. The van der Waals surface area contributed by atoms with E-state index in [4.69, 9.17) is 0 Å². The highest BCUT2D eigenvalue weighted by molar-refractivity contribution is 5.45. The second kappa shape index (κ2) is 11.1. The van der Waals surface area contributed by atoms with Crippen molar-refractivity contribution in [2.24, 2.45) is 5.92 Å². The van der Waals surface area contributed by atoms with Crippen molar-refractivity contribution in [1.29, 1.82) is 0 Å². The van der Waals surface area contributed by atoms with Crippen molar-refractivity contribution < 1.29 is 5.11 Å². The molecule has 3 N–H and O–H groups in total. The second-order valence-corrected chi connectivity index (χ2v) is 9.23. The largest absolute Gasteiger partial charge is 0.479 e. The Balaban J connectivity index is 1.37. The predicted molar refractivity (Wildman–Crippen MR) is 129 cm³/mol. The fourth-order valence-corrected chi connectivity index (χ4v) is 5.51. The van der Waals surface area contributed by atoms with E-state index in [1.807, 2.05) is 0 Å². The van der Waals surface area contributed by atoms with Gasteiger partial charge in [-0.1, -0.05) is 25.5 Å². The highest BCUT2D eigenvalue weighted by Crippen LogP contribution is 2.40. The number of nitrogens with one attached hydrogen (secondary N) is 2. The molecular weight excluding hydrogens is 402 g/mol. The Morgan fingerprint density at radius 1 is 1.03 bits per heavy atom. The second-order valence-electron chi connectivity index (χ2n) is 9.23. The molecule has 3 aliphatic rings. The van der Waals surface area contributed by atoms with Crippen LogP contribution in [0.15, 0.2) is 23.4 Å². The molecule has 0 aromatic carbocycles. The lowest BCUT2D eigenvalue weighted by Crippen LogP contribution is -2.51. The number of hydrogen-bond donors (Lipinski definition) is 3. The maximum Gasteiger partial charge on any atom is 0.320 e. The van der Waals surface area contributed by atoms with Gasteiger partial charge in [0.05, 0.1) is 0 Å². The molecule has 0 amide bonds. The van der Waals surface area contributed by atoms with Crippen LogP contribution in [0.2, 0.25) is 0 Å². The van der Waals surface area contributed by atoms with Crippen LogP contribution >= 0.6 is 0 Å². The number of hydrogen-bond acceptors (Lipinski definition) is 8. The number of nitrogens with zero attached hydrogens (tertiary/aromatic N) is 5. The Morgan fingerprint density at radius 2 is 1.81 bits per heavy atom. The fourth-order valence-electron chi connectivity index (χ4n) is 5.51. The van der Waals surface area contributed by atoms with Crippen LogP contribution in [-0.4, -0.2) is 75.2 Å². The number of piperidine rings is 2. The molecule has 0 spiro atoms. The molecule has 2 fully saturated rings. The van der Waals surface area contributed by atoms with Crippen LogP contribution in [0.5, 0.6) is 6.01 Å². The minimum Gasteiger partial charge on any atom is -0.479 e. The van der Waals surface area contributed by atoms with Crippen molar-refractivity contribution in [1.82, 2.24) is 24.8 Å². The summed E-state index contributed by atoms with van der Waals surface area (Å²) >= 11 is 0. The monoisotopic (exact) mass is 441 g/mol. The molecule has 1 aromatic heterocycles. The van der Waals surface area contributed by atoms with Crippen LogP contribution in [0.4, 0.5) is 11.9 Å². The van der Waals surface area contributed by atoms with E-state index in [9.17, 15) is 5.11 Å². The van der Waals surface area contributed by atoms with E-state index in [1.54, 1.807) is 5.57 Å². The van der Waals surface area contributed by atoms with Gasteiger partial charge in [-0.15, -0.1) is 0 Å². The van der Waals surface area contributed by atoms with Gasteiger partial charge >= 0.3 is 6.01 Å². The summed E-state index contributed by atoms with van der Waals surface area (Å²) < 4.78 is 0. The third-order valence-electron chi connectivity index (χ3n) is 6.80. The van der Waals surface area contributed by atoms with Gasteiger partial charge in [-0.3, -0.25) is 4.90 Å². The lowest BCUT2D eigenvalue weighted by atomic mass is 9.76. The maximum atomic E-state index is 10.1. The van der Waals surface area contributed by atoms with E-state index in [-0.39, 0.29) is 6.01 Å². The lowest BCUT2D eigenvalue weighted by molar-refractivity contribution is 0.110. The van der Waals surface area contributed by atoms with Crippen LogP contribution in [0.3, 0.4) is 0 Å². The zero-order valence-corrected chi connectivity index (χ0v) is 19.7. The summed E-state index contributed by atoms with van der Waals surface area (Å²) in [6, 6.07) is 0.256. The van der Waals surface area contributed by atoms with E-state index in [1.165, 1.54) is 51.6 Å². The van der Waals surface area contributed by atoms with Crippen LogP contribution in [0.1, 0.15) is 58.8 Å². The molecule has 176 valence electrons. The number of allylic oxidation sites excluding steroid dienone is 2. The maximum absolute atomic E-state index is 10.1. The molecular formula is C24H39N7O. The minimum absolute atomic E-state index is 0.251. The van der Waals surface area contributed by atoms with E-state index in [0.717, 1.165) is 38.3 Å². The number of rotatable bonds is 11. The first-order chi connectivity index (χ1) is 15.7. The van der Waals surface area contributed by atoms with Gasteiger partial charge in [0.2, 0.25) is 11.9 Å². The van der Waals surface area contributed by atoms with Gasteiger partial charge in [0, 0.05) is 24.2 Å². The molecule has 2 saturated heterocycles. The molecule has 2 aliphatic heterocycles. The smallest absolute Gasteiger partial charge is 0.320 e. The van der Waals surface area contributed by atoms with Crippen molar-refractivity contribution in [3.8, 4) is 6.01 Å². The third kappa shape index (κ3) is 5.59. The molecule has 3 heterocycles. The summed E-state index contributed by atoms with van der Waals surface area (Å²) in [6.07, 6.45) is 12.7. The van der Waals surface area contributed by atoms with Crippen molar-refractivity contribution in [2.45, 2.75) is 64.8 Å². The zero-order chi connectivity index (χ0) is 22.3. The Labute approximate surface area is 192 Å². The Kier molecular flexibility index (Phi) is 7.97. The average Bonchev–Trinajstić information content (AvgIpc) is 2.79. The molecule has 32 heavy (non-hydrogen) atoms. The summed E-state index contributed by atoms with van der Waals surface area (Å²) in [6.45, 7) is 10.9. The lowest BCUT2D eigenvalue weighted by Gasteiger charge is -2.47. The van der Waals surface area contributed by atoms with E-state index >= 15 is 0 Å². The first-order valence-electron chi connectivity index (χ1n) is 12.5. The van der Waals surface area contributed by atoms with Gasteiger partial charge in [-0.2, -0.15) is 15.0 Å². The summed E-state index contributed by atoms with van der Waals surface area (Å²) in [5.41, 5.74) is 2.71. The van der Waals surface area contributed by atoms with Crippen molar-refractivity contribution in [3.63, 3.8) is 0 Å². The molecule has 8 heteroatoms. The Morgan fingerprint density at radius 3 is 2.62 bits per heavy atom. The van der Waals surface area contributed by atoms with Crippen molar-refractivity contribution in [3.05, 3.63) is 23.4 Å². The Hall–Kier alpha value is -2.19. The molecule has 0 radical (unpaired) electrons. The van der Waals surface area contributed by atoms with Crippen LogP contribution in [0.25, 0.3) is 0 Å². The first kappa shape index (κ1) is 23.0. The summed E-state index contributed by atoms with van der Waals surface area (Å²) in [5, 5.41) is 16.8. The molecule has 0 saturated carbocycles. The molecule has 1 aliphatic carbocycles. The predicted octanol–water partition coefficient (Wildman–Crippen LogP) is 3.61. The molecule has 0 bridgehead atoms. The van der Waals surface area contributed by atoms with Crippen molar-refractivity contribution >= 4 is 11.9 Å². The van der Waals surface area contributed by atoms with E-state index in [2.05, 4.69) is 61.4 Å².